The Morgan fingerprint density at radius 3 is 2.92 bits per heavy atom. The number of aromatic amines is 1. The number of anilines is 1. The molecule has 1 aliphatic heterocycles. The summed E-state index contributed by atoms with van der Waals surface area (Å²) in [5, 5.41) is 11.8. The average Bonchev–Trinajstić information content (AvgIpc) is 3.10. The van der Waals surface area contributed by atoms with Crippen molar-refractivity contribution >= 4 is 24.8 Å². The van der Waals surface area contributed by atoms with Crippen molar-refractivity contribution in [2.75, 3.05) is 24.7 Å². The highest BCUT2D eigenvalue weighted by Crippen LogP contribution is 2.29. The Hall–Kier alpha value is -2.35. The van der Waals surface area contributed by atoms with E-state index in [9.17, 15) is 0 Å². The molecule has 24 heavy (non-hydrogen) atoms. The molecule has 2 radical (unpaired) electrons. The molecule has 1 N–H and O–H groups in total. The molecule has 1 aliphatic rings. The first kappa shape index (κ1) is 15.2. The largest absolute Gasteiger partial charge is 0.377 e. The van der Waals surface area contributed by atoms with Gasteiger partial charge in [-0.15, -0.1) is 0 Å². The summed E-state index contributed by atoms with van der Waals surface area (Å²) in [5.74, 6) is 0.889. The molecule has 3 aromatic heterocycles. The number of fused-ring (bicyclic) bond motifs is 1. The maximum absolute atomic E-state index is 6.10. The van der Waals surface area contributed by atoms with Crippen LogP contribution in [0, 0.1) is 13.8 Å². The number of aromatic nitrogens is 5. The van der Waals surface area contributed by atoms with E-state index in [1.807, 2.05) is 13.8 Å². The van der Waals surface area contributed by atoms with Crippen LogP contribution in [0.3, 0.4) is 0 Å². The molecule has 3 aromatic rings. The summed E-state index contributed by atoms with van der Waals surface area (Å²) in [6.45, 7) is 8.33. The molecule has 122 valence electrons. The minimum absolute atomic E-state index is 0.261. The molecule has 0 aromatic carbocycles. The number of morpholine rings is 1. The van der Waals surface area contributed by atoms with Crippen LogP contribution in [0.25, 0.3) is 16.9 Å². The van der Waals surface area contributed by atoms with Crippen molar-refractivity contribution in [2.45, 2.75) is 26.8 Å². The molecule has 0 bridgehead atoms. The highest BCUT2D eigenvalue weighted by atomic mass is 16.5. The topological polar surface area (TPSA) is 71.3 Å². The zero-order chi connectivity index (χ0) is 16.8. The second-order valence-electron chi connectivity index (χ2n) is 6.26. The summed E-state index contributed by atoms with van der Waals surface area (Å²) < 4.78 is 7.33. The lowest BCUT2D eigenvalue weighted by Gasteiger charge is -2.34. The van der Waals surface area contributed by atoms with Gasteiger partial charge in [0, 0.05) is 30.1 Å². The molecule has 0 aliphatic carbocycles. The Balaban J connectivity index is 1.95. The van der Waals surface area contributed by atoms with E-state index in [4.69, 9.17) is 17.6 Å². The van der Waals surface area contributed by atoms with Gasteiger partial charge in [-0.2, -0.15) is 10.2 Å². The summed E-state index contributed by atoms with van der Waals surface area (Å²) in [4.78, 5) is 7.01. The molecule has 7 nitrogen and oxygen atoms in total. The molecule has 0 saturated carbocycles. The summed E-state index contributed by atoms with van der Waals surface area (Å²) in [5.41, 5.74) is 5.13. The van der Waals surface area contributed by atoms with Gasteiger partial charge in [-0.25, -0.2) is 9.50 Å². The average molecular weight is 322 g/mol. The van der Waals surface area contributed by atoms with E-state index in [0.29, 0.717) is 24.3 Å². The third kappa shape index (κ3) is 2.29. The first-order chi connectivity index (χ1) is 11.6. The van der Waals surface area contributed by atoms with E-state index in [1.54, 1.807) is 10.7 Å². The van der Waals surface area contributed by atoms with Gasteiger partial charge in [0.15, 0.2) is 5.65 Å². The smallest absolute Gasteiger partial charge is 0.150 e. The zero-order valence-corrected chi connectivity index (χ0v) is 14.1. The summed E-state index contributed by atoms with van der Waals surface area (Å²) in [7, 11) is 6.10. The van der Waals surface area contributed by atoms with Gasteiger partial charge in [-0.3, -0.25) is 5.10 Å². The van der Waals surface area contributed by atoms with E-state index >= 15 is 0 Å². The lowest BCUT2D eigenvalue weighted by atomic mass is 10.0. The molecule has 1 atom stereocenters. The molecule has 1 fully saturated rings. The third-order valence-electron chi connectivity index (χ3n) is 4.53. The van der Waals surface area contributed by atoms with Crippen LogP contribution in [0.15, 0.2) is 12.3 Å². The van der Waals surface area contributed by atoms with Crippen LogP contribution in [-0.4, -0.2) is 58.4 Å². The van der Waals surface area contributed by atoms with Crippen LogP contribution in [0.4, 0.5) is 5.82 Å². The first-order valence-electron chi connectivity index (χ1n) is 8.07. The monoisotopic (exact) mass is 322 g/mol. The molecular formula is C16H19BN6O. The molecular weight excluding hydrogens is 303 g/mol. The minimum atomic E-state index is 0.261. The maximum atomic E-state index is 6.10. The number of rotatable bonds is 2. The van der Waals surface area contributed by atoms with Crippen molar-refractivity contribution in [3.8, 4) is 11.3 Å². The van der Waals surface area contributed by atoms with E-state index in [2.05, 4.69) is 33.2 Å². The molecule has 4 rings (SSSR count). The zero-order valence-electron chi connectivity index (χ0n) is 14.1. The van der Waals surface area contributed by atoms with Crippen LogP contribution in [-0.2, 0) is 4.74 Å². The normalized spacial score (nSPS) is 18.5. The van der Waals surface area contributed by atoms with Gasteiger partial charge < -0.3 is 9.64 Å². The van der Waals surface area contributed by atoms with Crippen molar-refractivity contribution in [1.29, 1.82) is 0 Å². The van der Waals surface area contributed by atoms with Gasteiger partial charge in [0.1, 0.15) is 13.7 Å². The summed E-state index contributed by atoms with van der Waals surface area (Å²) >= 11 is 0. The number of ether oxygens (including phenoxy) is 1. The Kier molecular flexibility index (Phi) is 3.56. The van der Waals surface area contributed by atoms with Gasteiger partial charge >= 0.3 is 0 Å². The van der Waals surface area contributed by atoms with Crippen molar-refractivity contribution < 1.29 is 4.74 Å². The summed E-state index contributed by atoms with van der Waals surface area (Å²) in [6, 6.07) is 2.32. The molecule has 1 saturated heterocycles. The Labute approximate surface area is 141 Å². The van der Waals surface area contributed by atoms with Crippen molar-refractivity contribution in [2.24, 2.45) is 0 Å². The van der Waals surface area contributed by atoms with Gasteiger partial charge in [0.25, 0.3) is 0 Å². The number of nitrogens with zero attached hydrogens (tertiary/aromatic N) is 5. The molecule has 4 heterocycles. The van der Waals surface area contributed by atoms with E-state index in [0.717, 1.165) is 35.0 Å². The fourth-order valence-corrected chi connectivity index (χ4v) is 3.29. The Morgan fingerprint density at radius 2 is 2.21 bits per heavy atom. The molecule has 0 amide bonds. The van der Waals surface area contributed by atoms with Gasteiger partial charge in [0.05, 0.1) is 30.6 Å². The van der Waals surface area contributed by atoms with Crippen LogP contribution in [0.5, 0.6) is 0 Å². The number of H-pyrrole nitrogens is 1. The highest BCUT2D eigenvalue weighted by Gasteiger charge is 2.23. The molecule has 8 heteroatoms. The van der Waals surface area contributed by atoms with E-state index < -0.39 is 0 Å². The predicted octanol–water partition coefficient (Wildman–Crippen LogP) is 0.755. The van der Waals surface area contributed by atoms with E-state index in [-0.39, 0.29) is 6.04 Å². The van der Waals surface area contributed by atoms with Crippen LogP contribution in [0.1, 0.15) is 18.3 Å². The quantitative estimate of drug-likeness (QED) is 0.705. The van der Waals surface area contributed by atoms with Gasteiger partial charge in [-0.05, 0) is 26.2 Å². The van der Waals surface area contributed by atoms with Crippen molar-refractivity contribution in [3.63, 3.8) is 0 Å². The number of hydrogen-bond acceptors (Lipinski definition) is 5. The third-order valence-corrected chi connectivity index (χ3v) is 4.53. The van der Waals surface area contributed by atoms with Crippen molar-refractivity contribution in [3.05, 3.63) is 23.7 Å². The molecule has 0 unspecified atom stereocenters. The maximum Gasteiger partial charge on any atom is 0.150 e. The standard InChI is InChI=1S/C16H19BN6O/c1-9-8-24-5-4-22(9)14-6-13(15-10(2)20-21-11(15)3)23-16(19-14)12(17)7-18-23/h6-7,9H,4-5,8H2,1-3H3,(H,20,21)/t9-/m1/s1. The number of hydrogen-bond donors (Lipinski definition) is 1. The van der Waals surface area contributed by atoms with Crippen LogP contribution in [0.2, 0.25) is 0 Å². The first-order valence-corrected chi connectivity index (χ1v) is 8.07. The lowest BCUT2D eigenvalue weighted by Crippen LogP contribution is -2.44. The van der Waals surface area contributed by atoms with Crippen molar-refractivity contribution in [1.82, 2.24) is 24.8 Å². The fourth-order valence-electron chi connectivity index (χ4n) is 3.29. The number of aryl methyl sites for hydroxylation is 2. The Bertz CT molecular complexity index is 882. The fraction of sp³-hybridized carbons (Fsp3) is 0.438. The lowest BCUT2D eigenvalue weighted by molar-refractivity contribution is 0.0985. The van der Waals surface area contributed by atoms with Crippen LogP contribution < -0.4 is 10.4 Å². The van der Waals surface area contributed by atoms with Gasteiger partial charge in [-0.1, -0.05) is 0 Å². The molecule has 0 spiro atoms. The number of nitrogens with one attached hydrogen (secondary N) is 1. The summed E-state index contributed by atoms with van der Waals surface area (Å²) in [6.07, 6.45) is 1.64. The highest BCUT2D eigenvalue weighted by molar-refractivity contribution is 6.36. The van der Waals surface area contributed by atoms with Crippen LogP contribution >= 0.6 is 0 Å². The predicted molar refractivity (Wildman–Crippen MR) is 93.1 cm³/mol. The second kappa shape index (κ2) is 5.63. The minimum Gasteiger partial charge on any atom is -0.377 e. The van der Waals surface area contributed by atoms with E-state index in [1.165, 1.54) is 0 Å². The SMILES string of the molecule is [B]c1cnn2c(-c3c(C)n[nH]c3C)cc(N3CCOC[C@H]3C)nc12. The second-order valence-corrected chi connectivity index (χ2v) is 6.26. The Morgan fingerprint density at radius 1 is 1.38 bits per heavy atom. The van der Waals surface area contributed by atoms with Gasteiger partial charge in [0.2, 0.25) is 0 Å².